The third-order valence-corrected chi connectivity index (χ3v) is 2.33. The van der Waals surface area contributed by atoms with Gasteiger partial charge in [0.05, 0.1) is 0 Å². The van der Waals surface area contributed by atoms with Gasteiger partial charge < -0.3 is 0 Å². The van der Waals surface area contributed by atoms with Crippen molar-refractivity contribution in [3.63, 3.8) is 0 Å². The van der Waals surface area contributed by atoms with E-state index in [1.165, 1.54) is 6.92 Å². The number of ketones is 2. The van der Waals surface area contributed by atoms with Crippen molar-refractivity contribution in [1.29, 1.82) is 0 Å². The van der Waals surface area contributed by atoms with Crippen LogP contribution in [0.5, 0.6) is 0 Å². The Hall–Kier alpha value is -1.44. The van der Waals surface area contributed by atoms with Gasteiger partial charge in [-0.15, -0.1) is 0 Å². The first-order chi connectivity index (χ1) is 6.82. The van der Waals surface area contributed by atoms with Gasteiger partial charge in [-0.1, -0.05) is 45.0 Å². The van der Waals surface area contributed by atoms with Crippen molar-refractivity contribution in [2.45, 2.75) is 33.1 Å². The summed E-state index contributed by atoms with van der Waals surface area (Å²) in [4.78, 5) is 22.2. The van der Waals surface area contributed by atoms with Crippen LogP contribution in [0, 0.1) is 0 Å². The summed E-state index contributed by atoms with van der Waals surface area (Å²) in [6, 6.07) is 7.22. The van der Waals surface area contributed by atoms with Crippen molar-refractivity contribution in [3.8, 4) is 0 Å². The number of carbonyl (C=O) groups excluding carboxylic acids is 2. The second-order valence-corrected chi connectivity index (χ2v) is 4.71. The van der Waals surface area contributed by atoms with Crippen LogP contribution in [-0.2, 0) is 10.2 Å². The molecule has 0 atom stereocenters. The Bertz CT molecular complexity index is 380. The fourth-order valence-corrected chi connectivity index (χ4v) is 1.32. The molecule has 80 valence electrons. The first-order valence-electron chi connectivity index (χ1n) is 4.98. The number of carbonyl (C=O) groups is 2. The molecule has 0 unspecified atom stereocenters. The topological polar surface area (TPSA) is 34.1 Å². The van der Waals surface area contributed by atoms with Crippen molar-refractivity contribution in [2.24, 2.45) is 0 Å². The molecule has 15 heavy (non-hydrogen) atoms. The fraction of sp³-hybridized carbons (Fsp3) is 0.385. The number of hydrogen-bond acceptors (Lipinski definition) is 2. The van der Waals surface area contributed by atoms with Crippen LogP contribution in [0.2, 0.25) is 0 Å². The van der Waals surface area contributed by atoms with Crippen LogP contribution < -0.4 is 0 Å². The molecule has 0 spiro atoms. The van der Waals surface area contributed by atoms with E-state index in [0.717, 1.165) is 5.56 Å². The highest BCUT2D eigenvalue weighted by molar-refractivity contribution is 6.42. The Labute approximate surface area is 90.3 Å². The highest BCUT2D eigenvalue weighted by Crippen LogP contribution is 2.22. The van der Waals surface area contributed by atoms with E-state index in [9.17, 15) is 9.59 Å². The standard InChI is InChI=1S/C13H16O2/c1-9(14)12(15)10-5-7-11(8-6-10)13(2,3)4/h5-8H,1-4H3. The minimum absolute atomic E-state index is 0.0673. The fourth-order valence-electron chi connectivity index (χ4n) is 1.32. The van der Waals surface area contributed by atoms with Gasteiger partial charge in [-0.2, -0.15) is 0 Å². The minimum atomic E-state index is -0.421. The number of rotatable bonds is 2. The molecule has 0 saturated heterocycles. The zero-order valence-corrected chi connectivity index (χ0v) is 9.63. The molecule has 0 saturated carbocycles. The second-order valence-electron chi connectivity index (χ2n) is 4.71. The van der Waals surface area contributed by atoms with Gasteiger partial charge in [0, 0.05) is 12.5 Å². The van der Waals surface area contributed by atoms with E-state index in [1.54, 1.807) is 12.1 Å². The lowest BCUT2D eigenvalue weighted by molar-refractivity contribution is -0.113. The Morgan fingerprint density at radius 1 is 1.00 bits per heavy atom. The lowest BCUT2D eigenvalue weighted by Crippen LogP contribution is -2.13. The van der Waals surface area contributed by atoms with E-state index in [2.05, 4.69) is 20.8 Å². The molecule has 1 aromatic carbocycles. The predicted molar refractivity (Wildman–Crippen MR) is 60.2 cm³/mol. The Morgan fingerprint density at radius 3 is 1.80 bits per heavy atom. The normalized spacial score (nSPS) is 11.2. The Morgan fingerprint density at radius 2 is 1.47 bits per heavy atom. The average Bonchev–Trinajstić information content (AvgIpc) is 2.15. The van der Waals surface area contributed by atoms with Crippen molar-refractivity contribution in [3.05, 3.63) is 35.4 Å². The van der Waals surface area contributed by atoms with E-state index in [4.69, 9.17) is 0 Å². The lowest BCUT2D eigenvalue weighted by Gasteiger charge is -2.18. The zero-order chi connectivity index (χ0) is 11.6. The SMILES string of the molecule is CC(=O)C(=O)c1ccc(C(C)(C)C)cc1. The maximum Gasteiger partial charge on any atom is 0.228 e. The second kappa shape index (κ2) is 3.97. The van der Waals surface area contributed by atoms with Crippen LogP contribution in [0.15, 0.2) is 24.3 Å². The molecule has 0 aromatic heterocycles. The number of hydrogen-bond donors (Lipinski definition) is 0. The third-order valence-electron chi connectivity index (χ3n) is 2.33. The summed E-state index contributed by atoms with van der Waals surface area (Å²) in [5.74, 6) is -0.839. The van der Waals surface area contributed by atoms with Crippen LogP contribution in [0.4, 0.5) is 0 Å². The summed E-state index contributed by atoms with van der Waals surface area (Å²) in [6.45, 7) is 7.61. The number of Topliss-reactive ketones (excluding diaryl/α,β-unsaturated/α-hetero) is 2. The first kappa shape index (κ1) is 11.6. The molecule has 1 rings (SSSR count). The van der Waals surface area contributed by atoms with Crippen molar-refractivity contribution >= 4 is 11.6 Å². The molecule has 1 aromatic rings. The van der Waals surface area contributed by atoms with E-state index in [0.29, 0.717) is 5.56 Å². The zero-order valence-electron chi connectivity index (χ0n) is 9.63. The van der Waals surface area contributed by atoms with Gasteiger partial charge in [0.2, 0.25) is 5.78 Å². The third kappa shape index (κ3) is 2.75. The average molecular weight is 204 g/mol. The van der Waals surface area contributed by atoms with Crippen LogP contribution in [0.1, 0.15) is 43.6 Å². The summed E-state index contributed by atoms with van der Waals surface area (Å²) >= 11 is 0. The van der Waals surface area contributed by atoms with Crippen LogP contribution in [0.25, 0.3) is 0 Å². The largest absolute Gasteiger partial charge is 0.291 e. The van der Waals surface area contributed by atoms with Gasteiger partial charge >= 0.3 is 0 Å². The molecule has 0 aliphatic rings. The summed E-state index contributed by atoms with van der Waals surface area (Å²) in [5, 5.41) is 0. The molecular formula is C13H16O2. The van der Waals surface area contributed by atoms with Gasteiger partial charge in [-0.25, -0.2) is 0 Å². The van der Waals surface area contributed by atoms with Crippen molar-refractivity contribution in [2.75, 3.05) is 0 Å². The Balaban J connectivity index is 3.01. The number of benzene rings is 1. The molecule has 0 N–H and O–H groups in total. The minimum Gasteiger partial charge on any atom is -0.291 e. The monoisotopic (exact) mass is 204 g/mol. The van der Waals surface area contributed by atoms with Crippen LogP contribution in [-0.4, -0.2) is 11.6 Å². The highest BCUT2D eigenvalue weighted by atomic mass is 16.2. The molecule has 0 radical (unpaired) electrons. The predicted octanol–water partition coefficient (Wildman–Crippen LogP) is 2.76. The van der Waals surface area contributed by atoms with Gasteiger partial charge in [-0.3, -0.25) is 9.59 Å². The molecule has 0 aliphatic heterocycles. The Kier molecular flexibility index (Phi) is 3.08. The first-order valence-corrected chi connectivity index (χ1v) is 4.98. The summed E-state index contributed by atoms with van der Waals surface area (Å²) in [6.07, 6.45) is 0. The molecule has 0 fully saturated rings. The highest BCUT2D eigenvalue weighted by Gasteiger charge is 2.15. The van der Waals surface area contributed by atoms with E-state index >= 15 is 0 Å². The molecule has 2 heteroatoms. The lowest BCUT2D eigenvalue weighted by atomic mass is 9.86. The molecule has 0 aliphatic carbocycles. The molecular weight excluding hydrogens is 188 g/mol. The molecule has 0 bridgehead atoms. The summed E-state index contributed by atoms with van der Waals surface area (Å²) in [5.41, 5.74) is 1.69. The maximum atomic E-state index is 11.4. The summed E-state index contributed by atoms with van der Waals surface area (Å²) < 4.78 is 0. The van der Waals surface area contributed by atoms with Crippen molar-refractivity contribution in [1.82, 2.24) is 0 Å². The van der Waals surface area contributed by atoms with Gasteiger partial charge in [-0.05, 0) is 11.0 Å². The van der Waals surface area contributed by atoms with E-state index in [-0.39, 0.29) is 5.41 Å². The van der Waals surface area contributed by atoms with Gasteiger partial charge in [0.1, 0.15) is 0 Å². The molecule has 0 amide bonds. The molecule has 2 nitrogen and oxygen atoms in total. The van der Waals surface area contributed by atoms with Gasteiger partial charge in [0.15, 0.2) is 5.78 Å². The van der Waals surface area contributed by atoms with Crippen LogP contribution in [0.3, 0.4) is 0 Å². The van der Waals surface area contributed by atoms with Crippen LogP contribution >= 0.6 is 0 Å². The van der Waals surface area contributed by atoms with E-state index < -0.39 is 11.6 Å². The van der Waals surface area contributed by atoms with Gasteiger partial charge in [0.25, 0.3) is 0 Å². The smallest absolute Gasteiger partial charge is 0.228 e. The van der Waals surface area contributed by atoms with E-state index in [1.807, 2.05) is 12.1 Å². The summed E-state index contributed by atoms with van der Waals surface area (Å²) in [7, 11) is 0. The quantitative estimate of drug-likeness (QED) is 0.548. The molecule has 0 heterocycles. The maximum absolute atomic E-state index is 11.4. The van der Waals surface area contributed by atoms with Crippen molar-refractivity contribution < 1.29 is 9.59 Å².